The summed E-state index contributed by atoms with van der Waals surface area (Å²) in [4.78, 5) is 8.01. The largest absolute Gasteiger partial charge is 0.424 e. The van der Waals surface area contributed by atoms with Crippen LogP contribution in [0.5, 0.6) is 0 Å². The fraction of sp³-hybridized carbons (Fsp3) is 0.308. The fourth-order valence-electron chi connectivity index (χ4n) is 1.74. The predicted octanol–water partition coefficient (Wildman–Crippen LogP) is 1.29. The maximum Gasteiger partial charge on any atom is 0.292 e. The fourth-order valence-corrected chi connectivity index (χ4v) is 2.55. The highest BCUT2D eigenvalue weighted by molar-refractivity contribution is 7.98. The zero-order valence-electron chi connectivity index (χ0n) is 11.6. The molecule has 0 saturated heterocycles. The molecular formula is C13H16N6OS. The van der Waals surface area contributed by atoms with Gasteiger partial charge in [0.1, 0.15) is 5.52 Å². The average Bonchev–Trinajstić information content (AvgIpc) is 2.85. The van der Waals surface area contributed by atoms with Crippen molar-refractivity contribution in [2.75, 3.05) is 25.1 Å². The SMILES string of the molecule is CN=C(NC#N)NCCSCc1ccc2oc(N)nc2c1. The van der Waals surface area contributed by atoms with Gasteiger partial charge in [0, 0.05) is 25.1 Å². The van der Waals surface area contributed by atoms with Gasteiger partial charge in [-0.05, 0) is 17.7 Å². The molecule has 1 aromatic carbocycles. The van der Waals surface area contributed by atoms with Crippen molar-refractivity contribution in [3.8, 4) is 6.19 Å². The summed E-state index contributed by atoms with van der Waals surface area (Å²) in [6.07, 6.45) is 1.83. The zero-order valence-corrected chi connectivity index (χ0v) is 12.4. The van der Waals surface area contributed by atoms with E-state index >= 15 is 0 Å². The molecule has 2 rings (SSSR count). The molecule has 8 heteroatoms. The van der Waals surface area contributed by atoms with Gasteiger partial charge in [-0.2, -0.15) is 22.0 Å². The zero-order chi connectivity index (χ0) is 15.1. The number of aliphatic imine (C=N–C) groups is 1. The first kappa shape index (κ1) is 15.0. The number of aromatic nitrogens is 1. The first-order valence-corrected chi connectivity index (χ1v) is 7.47. The van der Waals surface area contributed by atoms with E-state index in [0.717, 1.165) is 23.6 Å². The first-order chi connectivity index (χ1) is 10.2. The van der Waals surface area contributed by atoms with Crippen molar-refractivity contribution < 1.29 is 4.42 Å². The molecule has 0 saturated carbocycles. The number of rotatable bonds is 5. The van der Waals surface area contributed by atoms with Crippen LogP contribution in [0.1, 0.15) is 5.56 Å². The molecule has 7 nitrogen and oxygen atoms in total. The van der Waals surface area contributed by atoms with E-state index in [9.17, 15) is 0 Å². The Balaban J connectivity index is 1.76. The third-order valence-corrected chi connectivity index (χ3v) is 3.70. The molecule has 0 radical (unpaired) electrons. The van der Waals surface area contributed by atoms with E-state index in [-0.39, 0.29) is 6.01 Å². The van der Waals surface area contributed by atoms with Gasteiger partial charge in [-0.3, -0.25) is 10.3 Å². The molecule has 110 valence electrons. The number of thioether (sulfide) groups is 1. The van der Waals surface area contributed by atoms with E-state index in [2.05, 4.69) is 20.6 Å². The standard InChI is InChI=1S/C13H16N6OS/c1-16-13(18-8-14)17-4-5-21-7-9-2-3-11-10(6-9)19-12(15)20-11/h2-3,6H,4-5,7H2,1H3,(H2,15,19)(H2,16,17,18). The number of nitrogen functional groups attached to an aromatic ring is 1. The molecule has 0 amide bonds. The van der Waals surface area contributed by atoms with Gasteiger partial charge in [0.2, 0.25) is 5.96 Å². The number of hydrogen-bond acceptors (Lipinski definition) is 6. The third-order valence-electron chi connectivity index (χ3n) is 2.67. The second-order valence-electron chi connectivity index (χ2n) is 4.14. The smallest absolute Gasteiger partial charge is 0.292 e. The number of nitrogens with one attached hydrogen (secondary N) is 2. The molecule has 0 aliphatic heterocycles. The summed E-state index contributed by atoms with van der Waals surface area (Å²) in [7, 11) is 1.62. The highest BCUT2D eigenvalue weighted by Gasteiger charge is 2.03. The van der Waals surface area contributed by atoms with E-state index in [1.165, 1.54) is 5.56 Å². The normalized spacial score (nSPS) is 11.3. The summed E-state index contributed by atoms with van der Waals surface area (Å²) in [5, 5.41) is 14.0. The number of nitrogens with two attached hydrogens (primary N) is 1. The van der Waals surface area contributed by atoms with Crippen LogP contribution in [0, 0.1) is 11.5 Å². The van der Waals surface area contributed by atoms with Crippen molar-refractivity contribution in [2.45, 2.75) is 5.75 Å². The molecule has 0 fully saturated rings. The number of anilines is 1. The number of benzene rings is 1. The lowest BCUT2D eigenvalue weighted by Crippen LogP contribution is -2.35. The minimum absolute atomic E-state index is 0.190. The summed E-state index contributed by atoms with van der Waals surface area (Å²) in [6, 6.07) is 6.05. The molecule has 4 N–H and O–H groups in total. The first-order valence-electron chi connectivity index (χ1n) is 6.31. The quantitative estimate of drug-likeness (QED) is 0.251. The Kier molecular flexibility index (Phi) is 5.29. The van der Waals surface area contributed by atoms with Crippen molar-refractivity contribution in [1.29, 1.82) is 5.26 Å². The summed E-state index contributed by atoms with van der Waals surface area (Å²) >= 11 is 1.77. The van der Waals surface area contributed by atoms with Crippen LogP contribution in [-0.2, 0) is 5.75 Å². The number of guanidine groups is 1. The Labute approximate surface area is 126 Å². The Morgan fingerprint density at radius 1 is 1.57 bits per heavy atom. The topological polar surface area (TPSA) is 112 Å². The summed E-state index contributed by atoms with van der Waals surface area (Å²) in [6.45, 7) is 0.727. The summed E-state index contributed by atoms with van der Waals surface area (Å²) in [5.41, 5.74) is 8.17. The van der Waals surface area contributed by atoms with E-state index in [1.54, 1.807) is 18.8 Å². The van der Waals surface area contributed by atoms with Crippen LogP contribution in [0.15, 0.2) is 27.6 Å². The molecule has 1 heterocycles. The Bertz CT molecular complexity index is 675. The average molecular weight is 304 g/mol. The lowest BCUT2D eigenvalue weighted by atomic mass is 10.2. The lowest BCUT2D eigenvalue weighted by molar-refractivity contribution is 0.626. The predicted molar refractivity (Wildman–Crippen MR) is 84.7 cm³/mol. The van der Waals surface area contributed by atoms with Crippen LogP contribution < -0.4 is 16.4 Å². The van der Waals surface area contributed by atoms with Crippen LogP contribution in [-0.4, -0.2) is 30.3 Å². The van der Waals surface area contributed by atoms with Gasteiger partial charge in [0.25, 0.3) is 6.01 Å². The van der Waals surface area contributed by atoms with Gasteiger partial charge in [-0.1, -0.05) is 6.07 Å². The van der Waals surface area contributed by atoms with E-state index in [1.807, 2.05) is 24.4 Å². The van der Waals surface area contributed by atoms with Crippen molar-refractivity contribution in [3.63, 3.8) is 0 Å². The number of fused-ring (bicyclic) bond motifs is 1. The molecule has 0 atom stereocenters. The van der Waals surface area contributed by atoms with Crippen LogP contribution >= 0.6 is 11.8 Å². The van der Waals surface area contributed by atoms with Gasteiger partial charge >= 0.3 is 0 Å². The van der Waals surface area contributed by atoms with Gasteiger partial charge in [-0.25, -0.2) is 0 Å². The van der Waals surface area contributed by atoms with Crippen molar-refractivity contribution in [2.24, 2.45) is 4.99 Å². The molecule has 0 spiro atoms. The summed E-state index contributed by atoms with van der Waals surface area (Å²) < 4.78 is 5.23. The molecule has 21 heavy (non-hydrogen) atoms. The number of hydrogen-bond donors (Lipinski definition) is 3. The molecule has 2 aromatic rings. The Hall–Kier alpha value is -2.40. The van der Waals surface area contributed by atoms with Gasteiger partial charge in [-0.15, -0.1) is 0 Å². The third kappa shape index (κ3) is 4.29. The summed E-state index contributed by atoms with van der Waals surface area (Å²) in [5.74, 6) is 2.25. The van der Waals surface area contributed by atoms with Gasteiger partial charge in [0.05, 0.1) is 0 Å². The second kappa shape index (κ2) is 7.40. The molecule has 0 aliphatic carbocycles. The highest BCUT2D eigenvalue weighted by Crippen LogP contribution is 2.20. The van der Waals surface area contributed by atoms with Gasteiger partial charge in [0.15, 0.2) is 11.8 Å². The van der Waals surface area contributed by atoms with Crippen LogP contribution in [0.3, 0.4) is 0 Å². The Morgan fingerprint density at radius 2 is 2.43 bits per heavy atom. The van der Waals surface area contributed by atoms with Crippen molar-refractivity contribution in [3.05, 3.63) is 23.8 Å². The van der Waals surface area contributed by atoms with Crippen LogP contribution in [0.2, 0.25) is 0 Å². The van der Waals surface area contributed by atoms with Gasteiger partial charge < -0.3 is 15.5 Å². The lowest BCUT2D eigenvalue weighted by Gasteiger charge is -2.06. The second-order valence-corrected chi connectivity index (χ2v) is 5.25. The van der Waals surface area contributed by atoms with E-state index < -0.39 is 0 Å². The number of nitrogens with zero attached hydrogens (tertiary/aromatic N) is 3. The maximum absolute atomic E-state index is 8.50. The molecule has 1 aromatic heterocycles. The maximum atomic E-state index is 8.50. The molecule has 0 aliphatic rings. The number of nitriles is 1. The number of oxazole rings is 1. The minimum atomic E-state index is 0.190. The minimum Gasteiger partial charge on any atom is -0.424 e. The van der Waals surface area contributed by atoms with Crippen molar-refractivity contribution >= 4 is 34.8 Å². The Morgan fingerprint density at radius 3 is 3.19 bits per heavy atom. The highest BCUT2D eigenvalue weighted by atomic mass is 32.2. The monoisotopic (exact) mass is 304 g/mol. The van der Waals surface area contributed by atoms with E-state index in [4.69, 9.17) is 15.4 Å². The molecule has 0 bridgehead atoms. The van der Waals surface area contributed by atoms with Crippen molar-refractivity contribution in [1.82, 2.24) is 15.6 Å². The van der Waals surface area contributed by atoms with E-state index in [0.29, 0.717) is 11.5 Å². The molecule has 0 unspecified atom stereocenters. The van der Waals surface area contributed by atoms with Crippen LogP contribution in [0.4, 0.5) is 6.01 Å². The molecular weight excluding hydrogens is 288 g/mol. The van der Waals surface area contributed by atoms with Crippen LogP contribution in [0.25, 0.3) is 11.1 Å².